The third-order valence-electron chi connectivity index (χ3n) is 5.09. The van der Waals surface area contributed by atoms with Gasteiger partial charge in [-0.3, -0.25) is 4.79 Å². The van der Waals surface area contributed by atoms with Gasteiger partial charge in [0.15, 0.2) is 0 Å². The van der Waals surface area contributed by atoms with Gasteiger partial charge in [-0.05, 0) is 41.5 Å². The molecule has 1 fully saturated rings. The molecule has 0 aromatic heterocycles. The minimum atomic E-state index is -1.25. The molecule has 3 aromatic rings. The van der Waals surface area contributed by atoms with E-state index in [1.165, 1.54) is 6.21 Å². The van der Waals surface area contributed by atoms with Gasteiger partial charge in [-0.15, -0.1) is 5.01 Å². The minimum Gasteiger partial charge on any atom is -0.507 e. The number of urea groups is 1. The Labute approximate surface area is 167 Å². The zero-order chi connectivity index (χ0) is 20.6. The summed E-state index contributed by atoms with van der Waals surface area (Å²) >= 11 is 0. The van der Waals surface area contributed by atoms with Gasteiger partial charge in [-0.2, -0.15) is 5.10 Å². The number of hydrogen-bond donors (Lipinski definition) is 2. The number of fused-ring (bicyclic) bond motifs is 1. The number of phenolic OH excluding ortho intramolecular Hbond substituents is 1. The quantitative estimate of drug-likeness (QED) is 0.529. The van der Waals surface area contributed by atoms with Crippen LogP contribution in [-0.2, 0) is 10.3 Å². The molecule has 0 aliphatic carbocycles. The number of nitrogens with zero attached hydrogens (tertiary/aromatic N) is 2. The van der Waals surface area contributed by atoms with Gasteiger partial charge >= 0.3 is 6.03 Å². The van der Waals surface area contributed by atoms with Gasteiger partial charge in [0.25, 0.3) is 5.91 Å². The zero-order valence-electron chi connectivity index (χ0n) is 15.9. The summed E-state index contributed by atoms with van der Waals surface area (Å²) in [6.07, 6.45) is 1.33. The van der Waals surface area contributed by atoms with Crippen LogP contribution in [0.25, 0.3) is 10.8 Å². The van der Waals surface area contributed by atoms with Crippen molar-refractivity contribution >= 4 is 28.9 Å². The lowest BCUT2D eigenvalue weighted by molar-refractivity contribution is -0.131. The van der Waals surface area contributed by atoms with E-state index in [0.29, 0.717) is 16.9 Å². The number of amides is 3. The molecule has 1 saturated heterocycles. The molecule has 1 aliphatic heterocycles. The molecule has 0 saturated carbocycles. The predicted octanol–water partition coefficient (Wildman–Crippen LogP) is 3.36. The second kappa shape index (κ2) is 6.94. The molecule has 1 aliphatic rings. The van der Waals surface area contributed by atoms with E-state index >= 15 is 0 Å². The Morgan fingerprint density at radius 1 is 1.07 bits per heavy atom. The Hall–Kier alpha value is -3.87. The van der Waals surface area contributed by atoms with Crippen LogP contribution in [-0.4, -0.2) is 35.4 Å². The number of methoxy groups -OCH3 is 1. The number of nitrogens with one attached hydrogen (secondary N) is 1. The summed E-state index contributed by atoms with van der Waals surface area (Å²) < 4.78 is 5.14. The van der Waals surface area contributed by atoms with E-state index in [-0.39, 0.29) is 5.75 Å². The minimum absolute atomic E-state index is 0.0115. The number of hydrazone groups is 1. The summed E-state index contributed by atoms with van der Waals surface area (Å²) in [6, 6.07) is 17.1. The molecule has 0 bridgehead atoms. The number of carbonyl (C=O) groups excluding carboxylic acids is 2. The second-order valence-corrected chi connectivity index (χ2v) is 6.86. The number of imide groups is 1. The van der Waals surface area contributed by atoms with Crippen LogP contribution in [0.4, 0.5) is 4.79 Å². The number of aromatic hydroxyl groups is 1. The SMILES string of the molecule is COc1ccc(C2(C)NC(=O)N(/N=C/c3c(O)ccc4ccccc34)C2=O)cc1. The predicted molar refractivity (Wildman–Crippen MR) is 109 cm³/mol. The highest BCUT2D eigenvalue weighted by Gasteiger charge is 2.49. The highest BCUT2D eigenvalue weighted by atomic mass is 16.5. The first-order valence-electron chi connectivity index (χ1n) is 9.00. The molecule has 0 spiro atoms. The van der Waals surface area contributed by atoms with Crippen molar-refractivity contribution in [2.45, 2.75) is 12.5 Å². The molecular weight excluding hydrogens is 370 g/mol. The van der Waals surface area contributed by atoms with Crippen LogP contribution in [0.1, 0.15) is 18.1 Å². The first-order chi connectivity index (χ1) is 13.9. The van der Waals surface area contributed by atoms with Crippen molar-refractivity contribution in [2.75, 3.05) is 7.11 Å². The monoisotopic (exact) mass is 389 g/mol. The Morgan fingerprint density at radius 2 is 1.79 bits per heavy atom. The van der Waals surface area contributed by atoms with E-state index in [9.17, 15) is 14.7 Å². The topological polar surface area (TPSA) is 91.2 Å². The molecule has 3 amide bonds. The zero-order valence-corrected chi connectivity index (χ0v) is 15.9. The van der Waals surface area contributed by atoms with E-state index in [1.807, 2.05) is 24.3 Å². The van der Waals surface area contributed by atoms with Gasteiger partial charge in [-0.25, -0.2) is 4.79 Å². The van der Waals surface area contributed by atoms with Crippen molar-refractivity contribution in [1.29, 1.82) is 0 Å². The Morgan fingerprint density at radius 3 is 2.52 bits per heavy atom. The lowest BCUT2D eigenvalue weighted by atomic mass is 9.92. The van der Waals surface area contributed by atoms with E-state index < -0.39 is 17.5 Å². The fraction of sp³-hybridized carbons (Fsp3) is 0.136. The first-order valence-corrected chi connectivity index (χ1v) is 9.00. The summed E-state index contributed by atoms with van der Waals surface area (Å²) in [4.78, 5) is 25.5. The molecule has 1 unspecified atom stereocenters. The molecule has 4 rings (SSSR count). The number of ether oxygens (including phenoxy) is 1. The van der Waals surface area contributed by atoms with Gasteiger partial charge < -0.3 is 15.2 Å². The van der Waals surface area contributed by atoms with Crippen LogP contribution in [0.5, 0.6) is 11.5 Å². The van der Waals surface area contributed by atoms with Crippen LogP contribution < -0.4 is 10.1 Å². The average molecular weight is 389 g/mol. The van der Waals surface area contributed by atoms with Crippen molar-refractivity contribution in [3.05, 3.63) is 71.8 Å². The lowest BCUT2D eigenvalue weighted by Crippen LogP contribution is -2.40. The molecule has 146 valence electrons. The maximum Gasteiger partial charge on any atom is 0.346 e. The molecule has 3 aromatic carbocycles. The van der Waals surface area contributed by atoms with Gasteiger partial charge in [0.1, 0.15) is 17.0 Å². The molecule has 1 heterocycles. The third kappa shape index (κ3) is 3.06. The number of hydrogen-bond acceptors (Lipinski definition) is 5. The maximum absolute atomic E-state index is 13.0. The van der Waals surface area contributed by atoms with Crippen molar-refractivity contribution in [3.8, 4) is 11.5 Å². The fourth-order valence-corrected chi connectivity index (χ4v) is 3.38. The Kier molecular flexibility index (Phi) is 4.43. The summed E-state index contributed by atoms with van der Waals surface area (Å²) in [7, 11) is 1.55. The van der Waals surface area contributed by atoms with Crippen molar-refractivity contribution < 1.29 is 19.4 Å². The molecule has 7 heteroatoms. The van der Waals surface area contributed by atoms with Gasteiger partial charge in [0.05, 0.1) is 13.3 Å². The average Bonchev–Trinajstić information content (AvgIpc) is 2.96. The highest BCUT2D eigenvalue weighted by molar-refractivity contribution is 6.08. The van der Waals surface area contributed by atoms with E-state index in [1.54, 1.807) is 50.4 Å². The van der Waals surface area contributed by atoms with Gasteiger partial charge in [0.2, 0.25) is 0 Å². The molecule has 2 N–H and O–H groups in total. The van der Waals surface area contributed by atoms with Gasteiger partial charge in [0, 0.05) is 5.56 Å². The molecule has 0 radical (unpaired) electrons. The second-order valence-electron chi connectivity index (χ2n) is 6.86. The van der Waals surface area contributed by atoms with E-state index in [4.69, 9.17) is 4.74 Å². The van der Waals surface area contributed by atoms with E-state index in [2.05, 4.69) is 10.4 Å². The van der Waals surface area contributed by atoms with Crippen LogP contribution in [0.2, 0.25) is 0 Å². The van der Waals surface area contributed by atoms with Gasteiger partial charge in [-0.1, -0.05) is 42.5 Å². The summed E-state index contributed by atoms with van der Waals surface area (Å²) in [5.74, 6) is 0.150. The number of rotatable bonds is 4. The summed E-state index contributed by atoms with van der Waals surface area (Å²) in [5.41, 5.74) is -0.203. The first kappa shape index (κ1) is 18.5. The largest absolute Gasteiger partial charge is 0.507 e. The third-order valence-corrected chi connectivity index (χ3v) is 5.09. The Bertz CT molecular complexity index is 1140. The van der Waals surface area contributed by atoms with Crippen LogP contribution in [0, 0.1) is 0 Å². The van der Waals surface area contributed by atoms with Crippen LogP contribution in [0.3, 0.4) is 0 Å². The lowest BCUT2D eigenvalue weighted by Gasteiger charge is -2.21. The number of phenols is 1. The fourth-order valence-electron chi connectivity index (χ4n) is 3.38. The summed E-state index contributed by atoms with van der Waals surface area (Å²) in [5, 5.41) is 19.5. The molecular formula is C22H19N3O4. The normalized spacial score (nSPS) is 19.2. The highest BCUT2D eigenvalue weighted by Crippen LogP contribution is 2.31. The maximum atomic E-state index is 13.0. The standard InChI is InChI=1S/C22H19N3O4/c1-22(15-8-10-16(29-2)11-9-15)20(27)25(21(28)24-22)23-13-18-17-6-4-3-5-14(17)7-12-19(18)26/h3-13,26H,1-2H3,(H,24,28)/b23-13+. The molecule has 1 atom stereocenters. The van der Waals surface area contributed by atoms with Crippen molar-refractivity contribution in [2.24, 2.45) is 5.10 Å². The van der Waals surface area contributed by atoms with Crippen LogP contribution in [0.15, 0.2) is 65.8 Å². The van der Waals surface area contributed by atoms with Crippen molar-refractivity contribution in [3.63, 3.8) is 0 Å². The summed E-state index contributed by atoms with van der Waals surface area (Å²) in [6.45, 7) is 1.62. The smallest absolute Gasteiger partial charge is 0.346 e. The van der Waals surface area contributed by atoms with Crippen molar-refractivity contribution in [1.82, 2.24) is 10.3 Å². The number of carbonyl (C=O) groups is 2. The molecule has 7 nitrogen and oxygen atoms in total. The molecule has 29 heavy (non-hydrogen) atoms. The number of benzene rings is 3. The Balaban J connectivity index is 1.67. The van der Waals surface area contributed by atoms with Crippen LogP contribution >= 0.6 is 0 Å². The van der Waals surface area contributed by atoms with E-state index in [0.717, 1.165) is 15.8 Å².